The predicted octanol–water partition coefficient (Wildman–Crippen LogP) is 3.56. The number of anilines is 3. The van der Waals surface area contributed by atoms with Crippen LogP contribution in [0.15, 0.2) is 30.3 Å². The molecule has 2 rings (SSSR count). The fourth-order valence-electron chi connectivity index (χ4n) is 1.81. The monoisotopic (exact) mass is 294 g/mol. The van der Waals surface area contributed by atoms with Gasteiger partial charge in [0.05, 0.1) is 5.69 Å². The molecule has 2 aromatic rings. The Morgan fingerprint density at radius 1 is 1.19 bits per heavy atom. The van der Waals surface area contributed by atoms with Crippen LogP contribution in [0.2, 0.25) is 0 Å². The summed E-state index contributed by atoms with van der Waals surface area (Å²) in [6, 6.07) is 8.16. The van der Waals surface area contributed by atoms with Crippen molar-refractivity contribution in [1.82, 2.24) is 9.97 Å². The molecule has 21 heavy (non-hydrogen) atoms. The quantitative estimate of drug-likeness (QED) is 0.853. The van der Waals surface area contributed by atoms with Gasteiger partial charge in [0.2, 0.25) is 0 Å². The Morgan fingerprint density at radius 3 is 2.62 bits per heavy atom. The van der Waals surface area contributed by atoms with Crippen molar-refractivity contribution in [3.8, 4) is 5.75 Å². The van der Waals surface area contributed by atoms with E-state index in [9.17, 15) is 8.78 Å². The molecule has 0 atom stereocenters. The van der Waals surface area contributed by atoms with E-state index in [1.165, 1.54) is 6.07 Å². The molecule has 0 bridgehead atoms. The van der Waals surface area contributed by atoms with Gasteiger partial charge in [-0.3, -0.25) is 0 Å². The molecule has 1 aromatic carbocycles. The summed E-state index contributed by atoms with van der Waals surface area (Å²) < 4.78 is 29.2. The van der Waals surface area contributed by atoms with Crippen molar-refractivity contribution >= 4 is 17.3 Å². The Kier molecular flexibility index (Phi) is 4.86. The molecule has 0 aliphatic heterocycles. The standard InChI is InChI=1S/C14H16F2N4O/c1-3-17-12-8-13(19-9(2)18-12)20-10-6-4-5-7-11(10)21-14(15)16/h4-8,14H,3H2,1-2H3,(H2,17,18,19,20). The highest BCUT2D eigenvalue weighted by Crippen LogP contribution is 2.28. The molecule has 0 aliphatic rings. The summed E-state index contributed by atoms with van der Waals surface area (Å²) in [5, 5.41) is 6.05. The molecular formula is C14H16F2N4O. The van der Waals surface area contributed by atoms with Gasteiger partial charge in [-0.2, -0.15) is 8.78 Å². The van der Waals surface area contributed by atoms with Crippen LogP contribution in [0.5, 0.6) is 5.75 Å². The van der Waals surface area contributed by atoms with Crippen LogP contribution in [0.3, 0.4) is 0 Å². The van der Waals surface area contributed by atoms with Crippen LogP contribution in [0.25, 0.3) is 0 Å². The predicted molar refractivity (Wildman–Crippen MR) is 77.3 cm³/mol. The Labute approximate surface area is 121 Å². The number of halogens is 2. The lowest BCUT2D eigenvalue weighted by Gasteiger charge is -2.13. The maximum atomic E-state index is 12.4. The van der Waals surface area contributed by atoms with Gasteiger partial charge in [0.15, 0.2) is 0 Å². The summed E-state index contributed by atoms with van der Waals surface area (Å²) in [6.45, 7) is 1.56. The average Bonchev–Trinajstić information content (AvgIpc) is 2.40. The van der Waals surface area contributed by atoms with E-state index < -0.39 is 6.61 Å². The van der Waals surface area contributed by atoms with E-state index in [1.807, 2.05) is 6.92 Å². The van der Waals surface area contributed by atoms with Crippen molar-refractivity contribution in [3.05, 3.63) is 36.2 Å². The van der Waals surface area contributed by atoms with Crippen molar-refractivity contribution in [3.63, 3.8) is 0 Å². The van der Waals surface area contributed by atoms with Gasteiger partial charge in [0.25, 0.3) is 0 Å². The largest absolute Gasteiger partial charge is 0.433 e. The third-order valence-electron chi connectivity index (χ3n) is 2.56. The molecule has 7 heteroatoms. The lowest BCUT2D eigenvalue weighted by molar-refractivity contribution is -0.0493. The van der Waals surface area contributed by atoms with Gasteiger partial charge in [-0.25, -0.2) is 9.97 Å². The molecule has 1 aromatic heterocycles. The number of rotatable bonds is 6. The number of para-hydroxylation sites is 2. The molecule has 0 amide bonds. The zero-order chi connectivity index (χ0) is 15.2. The highest BCUT2D eigenvalue weighted by molar-refractivity contribution is 5.65. The van der Waals surface area contributed by atoms with E-state index in [1.54, 1.807) is 31.2 Å². The van der Waals surface area contributed by atoms with Gasteiger partial charge < -0.3 is 15.4 Å². The molecule has 1 heterocycles. The number of benzene rings is 1. The zero-order valence-electron chi connectivity index (χ0n) is 11.7. The summed E-state index contributed by atoms with van der Waals surface area (Å²) in [6.07, 6.45) is 0. The van der Waals surface area contributed by atoms with E-state index in [-0.39, 0.29) is 5.75 Å². The molecule has 2 N–H and O–H groups in total. The summed E-state index contributed by atoms with van der Waals surface area (Å²) in [4.78, 5) is 8.45. The smallest absolute Gasteiger partial charge is 0.387 e. The third-order valence-corrected chi connectivity index (χ3v) is 2.56. The fourth-order valence-corrected chi connectivity index (χ4v) is 1.81. The van der Waals surface area contributed by atoms with Crippen molar-refractivity contribution in [1.29, 1.82) is 0 Å². The first-order chi connectivity index (χ1) is 10.1. The summed E-state index contributed by atoms with van der Waals surface area (Å²) in [7, 11) is 0. The minimum Gasteiger partial charge on any atom is -0.433 e. The maximum Gasteiger partial charge on any atom is 0.387 e. The Hall–Kier alpha value is -2.44. The molecule has 0 aliphatic carbocycles. The summed E-state index contributed by atoms with van der Waals surface area (Å²) in [5.41, 5.74) is 0.415. The highest BCUT2D eigenvalue weighted by atomic mass is 19.3. The fraction of sp³-hybridized carbons (Fsp3) is 0.286. The first-order valence-corrected chi connectivity index (χ1v) is 6.49. The number of alkyl halides is 2. The van der Waals surface area contributed by atoms with Crippen LogP contribution in [0.4, 0.5) is 26.1 Å². The van der Waals surface area contributed by atoms with E-state index in [4.69, 9.17) is 0 Å². The van der Waals surface area contributed by atoms with Crippen LogP contribution < -0.4 is 15.4 Å². The van der Waals surface area contributed by atoms with E-state index >= 15 is 0 Å². The van der Waals surface area contributed by atoms with Crippen LogP contribution in [-0.2, 0) is 0 Å². The number of hydrogen-bond donors (Lipinski definition) is 2. The summed E-state index contributed by atoms with van der Waals surface area (Å²) in [5.74, 6) is 1.81. The van der Waals surface area contributed by atoms with E-state index in [0.29, 0.717) is 23.1 Å². The minimum absolute atomic E-state index is 0.0637. The number of ether oxygens (including phenoxy) is 1. The molecule has 0 unspecified atom stereocenters. The van der Waals surface area contributed by atoms with Crippen LogP contribution in [0, 0.1) is 6.92 Å². The Morgan fingerprint density at radius 2 is 1.90 bits per heavy atom. The second kappa shape index (κ2) is 6.83. The molecule has 112 valence electrons. The Bertz CT molecular complexity index is 607. The molecule has 0 radical (unpaired) electrons. The van der Waals surface area contributed by atoms with E-state index in [0.717, 1.165) is 6.54 Å². The van der Waals surface area contributed by atoms with Crippen LogP contribution in [-0.4, -0.2) is 23.1 Å². The van der Waals surface area contributed by atoms with Gasteiger partial charge in [-0.1, -0.05) is 12.1 Å². The van der Waals surface area contributed by atoms with Crippen molar-refractivity contribution in [2.45, 2.75) is 20.5 Å². The average molecular weight is 294 g/mol. The molecular weight excluding hydrogens is 278 g/mol. The molecule has 0 spiro atoms. The number of hydrogen-bond acceptors (Lipinski definition) is 5. The van der Waals surface area contributed by atoms with Crippen molar-refractivity contribution < 1.29 is 13.5 Å². The second-order valence-corrected chi connectivity index (χ2v) is 4.22. The SMILES string of the molecule is CCNc1cc(Nc2ccccc2OC(F)F)nc(C)n1. The van der Waals surface area contributed by atoms with Gasteiger partial charge in [0.1, 0.15) is 23.2 Å². The second-order valence-electron chi connectivity index (χ2n) is 4.22. The molecule has 0 saturated carbocycles. The number of nitrogens with one attached hydrogen (secondary N) is 2. The summed E-state index contributed by atoms with van der Waals surface area (Å²) >= 11 is 0. The van der Waals surface area contributed by atoms with Gasteiger partial charge in [-0.05, 0) is 26.0 Å². The molecule has 5 nitrogen and oxygen atoms in total. The topological polar surface area (TPSA) is 59.1 Å². The van der Waals surface area contributed by atoms with Crippen molar-refractivity contribution in [2.75, 3.05) is 17.2 Å². The van der Waals surface area contributed by atoms with Gasteiger partial charge >= 0.3 is 6.61 Å². The Balaban J connectivity index is 2.25. The van der Waals surface area contributed by atoms with Crippen LogP contribution >= 0.6 is 0 Å². The normalized spacial score (nSPS) is 10.5. The number of nitrogens with zero attached hydrogens (tertiary/aromatic N) is 2. The number of aromatic nitrogens is 2. The molecule has 0 saturated heterocycles. The van der Waals surface area contributed by atoms with Crippen molar-refractivity contribution in [2.24, 2.45) is 0 Å². The highest BCUT2D eigenvalue weighted by Gasteiger charge is 2.10. The zero-order valence-corrected chi connectivity index (χ0v) is 11.7. The van der Waals surface area contributed by atoms with Gasteiger partial charge in [-0.15, -0.1) is 0 Å². The molecule has 0 fully saturated rings. The first kappa shape index (κ1) is 15.0. The first-order valence-electron chi connectivity index (χ1n) is 6.49. The lowest BCUT2D eigenvalue weighted by Crippen LogP contribution is -2.06. The third kappa shape index (κ3) is 4.27. The van der Waals surface area contributed by atoms with Crippen LogP contribution in [0.1, 0.15) is 12.7 Å². The number of aryl methyl sites for hydroxylation is 1. The minimum atomic E-state index is -2.88. The lowest BCUT2D eigenvalue weighted by atomic mass is 10.3. The van der Waals surface area contributed by atoms with E-state index in [2.05, 4.69) is 25.3 Å². The maximum absolute atomic E-state index is 12.4. The van der Waals surface area contributed by atoms with Gasteiger partial charge in [0, 0.05) is 12.6 Å².